The quantitative estimate of drug-likeness (QED) is 0.717. The van der Waals surface area contributed by atoms with E-state index in [1.807, 2.05) is 24.3 Å². The van der Waals surface area contributed by atoms with Crippen molar-refractivity contribution in [1.82, 2.24) is 9.29 Å². The topological polar surface area (TPSA) is 70.2 Å². The first-order valence-corrected chi connectivity index (χ1v) is 10.2. The molecule has 4 rings (SSSR count). The van der Waals surface area contributed by atoms with Crippen LogP contribution >= 0.6 is 0 Å². The van der Waals surface area contributed by atoms with E-state index in [1.165, 1.54) is 4.31 Å². The molecule has 3 aromatic rings. The molecular formula is C20H20N2O3S. The van der Waals surface area contributed by atoms with Crippen molar-refractivity contribution in [2.75, 3.05) is 13.1 Å². The minimum absolute atomic E-state index is 0.0965. The zero-order chi connectivity index (χ0) is 18.1. The second-order valence-electron chi connectivity index (χ2n) is 6.60. The minimum atomic E-state index is -3.48. The molecule has 0 atom stereocenters. The highest BCUT2D eigenvalue weighted by Gasteiger charge is 2.32. The van der Waals surface area contributed by atoms with Crippen molar-refractivity contribution < 1.29 is 13.2 Å². The first-order chi connectivity index (χ1) is 12.6. The number of hydrogen-bond donors (Lipinski definition) is 1. The fourth-order valence-corrected chi connectivity index (χ4v) is 5.09. The molecule has 0 radical (unpaired) electrons. The van der Waals surface area contributed by atoms with E-state index >= 15 is 0 Å². The van der Waals surface area contributed by atoms with E-state index in [0.29, 0.717) is 36.4 Å². The molecule has 1 aliphatic rings. The molecule has 0 amide bonds. The highest BCUT2D eigenvalue weighted by Crippen LogP contribution is 2.28. The van der Waals surface area contributed by atoms with Crippen LogP contribution in [-0.4, -0.2) is 36.6 Å². The predicted molar refractivity (Wildman–Crippen MR) is 101 cm³/mol. The van der Waals surface area contributed by atoms with Crippen molar-refractivity contribution in [3.63, 3.8) is 0 Å². The third-order valence-corrected chi connectivity index (χ3v) is 6.97. The fourth-order valence-electron chi connectivity index (χ4n) is 3.60. The van der Waals surface area contributed by atoms with Gasteiger partial charge < -0.3 is 4.98 Å². The van der Waals surface area contributed by atoms with Crippen LogP contribution in [0.4, 0.5) is 0 Å². The van der Waals surface area contributed by atoms with Gasteiger partial charge in [0.25, 0.3) is 0 Å². The first kappa shape index (κ1) is 17.0. The Hall–Kier alpha value is -2.44. The van der Waals surface area contributed by atoms with E-state index in [4.69, 9.17) is 0 Å². The maximum absolute atomic E-state index is 12.9. The highest BCUT2D eigenvalue weighted by atomic mass is 32.2. The molecule has 1 fully saturated rings. The van der Waals surface area contributed by atoms with Gasteiger partial charge in [0.2, 0.25) is 10.0 Å². The average Bonchev–Trinajstić information content (AvgIpc) is 3.12. The fraction of sp³-hybridized carbons (Fsp3) is 0.250. The number of Topliss-reactive ketones (excluding diaryl/α,β-unsaturated/α-hetero) is 1. The lowest BCUT2D eigenvalue weighted by Gasteiger charge is -2.30. The molecule has 0 unspecified atom stereocenters. The smallest absolute Gasteiger partial charge is 0.243 e. The Morgan fingerprint density at radius 2 is 1.62 bits per heavy atom. The number of aromatic nitrogens is 1. The average molecular weight is 368 g/mol. The maximum Gasteiger partial charge on any atom is 0.243 e. The monoisotopic (exact) mass is 368 g/mol. The summed E-state index contributed by atoms with van der Waals surface area (Å²) in [6.07, 6.45) is 2.86. The molecule has 5 nitrogen and oxygen atoms in total. The van der Waals surface area contributed by atoms with Gasteiger partial charge in [-0.25, -0.2) is 8.42 Å². The number of sulfonamides is 1. The van der Waals surface area contributed by atoms with E-state index in [-0.39, 0.29) is 11.7 Å². The summed E-state index contributed by atoms with van der Waals surface area (Å²) in [5.41, 5.74) is 1.64. The molecule has 1 aromatic heterocycles. The van der Waals surface area contributed by atoms with E-state index in [1.54, 1.807) is 36.5 Å². The summed E-state index contributed by atoms with van der Waals surface area (Å²) < 4.78 is 26.9. The van der Waals surface area contributed by atoms with Gasteiger partial charge in [0.1, 0.15) is 0 Å². The molecule has 0 aliphatic carbocycles. The number of nitrogens with zero attached hydrogens (tertiary/aromatic N) is 1. The number of carbonyl (C=O) groups is 1. The van der Waals surface area contributed by atoms with E-state index in [2.05, 4.69) is 4.98 Å². The van der Waals surface area contributed by atoms with Crippen molar-refractivity contribution in [2.45, 2.75) is 17.7 Å². The van der Waals surface area contributed by atoms with Gasteiger partial charge in [-0.05, 0) is 31.0 Å². The van der Waals surface area contributed by atoms with Crippen LogP contribution < -0.4 is 0 Å². The van der Waals surface area contributed by atoms with E-state index in [0.717, 1.165) is 10.9 Å². The Kier molecular flexibility index (Phi) is 4.38. The minimum Gasteiger partial charge on any atom is -0.360 e. The van der Waals surface area contributed by atoms with Gasteiger partial charge in [0.05, 0.1) is 4.90 Å². The number of para-hydroxylation sites is 1. The molecule has 0 spiro atoms. The van der Waals surface area contributed by atoms with Gasteiger partial charge in [-0.3, -0.25) is 4.79 Å². The van der Waals surface area contributed by atoms with Crippen molar-refractivity contribution in [3.8, 4) is 0 Å². The molecule has 2 heterocycles. The van der Waals surface area contributed by atoms with Crippen molar-refractivity contribution >= 4 is 26.7 Å². The number of H-pyrrole nitrogens is 1. The Morgan fingerprint density at radius 3 is 2.35 bits per heavy atom. The summed E-state index contributed by atoms with van der Waals surface area (Å²) in [5, 5.41) is 0.928. The number of benzene rings is 2. The number of rotatable bonds is 4. The third-order valence-electron chi connectivity index (χ3n) is 5.06. The molecule has 26 heavy (non-hydrogen) atoms. The van der Waals surface area contributed by atoms with Gasteiger partial charge in [-0.15, -0.1) is 0 Å². The molecule has 2 aromatic carbocycles. The Labute approximate surface area is 152 Å². The zero-order valence-corrected chi connectivity index (χ0v) is 15.1. The summed E-state index contributed by atoms with van der Waals surface area (Å²) in [5.74, 6) is -0.0457. The second-order valence-corrected chi connectivity index (χ2v) is 8.54. The second kappa shape index (κ2) is 6.70. The lowest BCUT2D eigenvalue weighted by atomic mass is 9.89. The SMILES string of the molecule is O=C(c1c[nH]c2ccccc12)C1CCN(S(=O)(=O)c2ccccc2)CC1. The van der Waals surface area contributed by atoms with Crippen LogP contribution in [0, 0.1) is 5.92 Å². The number of carbonyl (C=O) groups excluding carboxylic acids is 1. The van der Waals surface area contributed by atoms with Crippen LogP contribution in [0.25, 0.3) is 10.9 Å². The molecule has 1 aliphatic heterocycles. The van der Waals surface area contributed by atoms with Crippen LogP contribution in [0.5, 0.6) is 0 Å². The zero-order valence-electron chi connectivity index (χ0n) is 14.3. The van der Waals surface area contributed by atoms with E-state index in [9.17, 15) is 13.2 Å². The molecule has 0 bridgehead atoms. The summed E-state index contributed by atoms with van der Waals surface area (Å²) in [7, 11) is -3.48. The Balaban J connectivity index is 1.49. The summed E-state index contributed by atoms with van der Waals surface area (Å²) in [4.78, 5) is 16.4. The Bertz CT molecular complexity index is 1030. The molecule has 6 heteroatoms. The van der Waals surface area contributed by atoms with Gasteiger partial charge in [-0.2, -0.15) is 4.31 Å². The summed E-state index contributed by atoms with van der Waals surface area (Å²) in [6, 6.07) is 16.2. The van der Waals surface area contributed by atoms with Crippen LogP contribution in [0.3, 0.4) is 0 Å². The lowest BCUT2D eigenvalue weighted by Crippen LogP contribution is -2.40. The highest BCUT2D eigenvalue weighted by molar-refractivity contribution is 7.89. The lowest BCUT2D eigenvalue weighted by molar-refractivity contribution is 0.0877. The third kappa shape index (κ3) is 2.95. The molecule has 1 saturated heterocycles. The number of ketones is 1. The molecule has 1 N–H and O–H groups in total. The summed E-state index contributed by atoms with van der Waals surface area (Å²) in [6.45, 7) is 0.742. The van der Waals surface area contributed by atoms with Crippen molar-refractivity contribution in [2.24, 2.45) is 5.92 Å². The first-order valence-electron chi connectivity index (χ1n) is 8.73. The van der Waals surface area contributed by atoms with Crippen LogP contribution in [-0.2, 0) is 10.0 Å². The predicted octanol–water partition coefficient (Wildman–Crippen LogP) is 3.45. The van der Waals surface area contributed by atoms with Gasteiger partial charge >= 0.3 is 0 Å². The number of piperidine rings is 1. The maximum atomic E-state index is 12.9. The van der Waals surface area contributed by atoms with Gasteiger partial charge in [-0.1, -0.05) is 36.4 Å². The number of hydrogen-bond acceptors (Lipinski definition) is 3. The van der Waals surface area contributed by atoms with Crippen molar-refractivity contribution in [1.29, 1.82) is 0 Å². The van der Waals surface area contributed by atoms with Crippen LogP contribution in [0.15, 0.2) is 65.7 Å². The van der Waals surface area contributed by atoms with Crippen LogP contribution in [0.2, 0.25) is 0 Å². The van der Waals surface area contributed by atoms with E-state index < -0.39 is 10.0 Å². The summed E-state index contributed by atoms with van der Waals surface area (Å²) >= 11 is 0. The number of aromatic amines is 1. The Morgan fingerprint density at radius 1 is 0.962 bits per heavy atom. The van der Waals surface area contributed by atoms with Gasteiger partial charge in [0, 0.05) is 41.7 Å². The van der Waals surface area contributed by atoms with Crippen LogP contribution in [0.1, 0.15) is 23.2 Å². The van der Waals surface area contributed by atoms with Gasteiger partial charge in [0.15, 0.2) is 5.78 Å². The number of nitrogens with one attached hydrogen (secondary N) is 1. The molecular weight excluding hydrogens is 348 g/mol. The normalized spacial score (nSPS) is 16.8. The number of fused-ring (bicyclic) bond motifs is 1. The van der Waals surface area contributed by atoms with Crippen molar-refractivity contribution in [3.05, 3.63) is 66.4 Å². The standard InChI is InChI=1S/C20H20N2O3S/c23-20(18-14-21-19-9-5-4-8-17(18)19)15-10-12-22(13-11-15)26(24,25)16-6-2-1-3-7-16/h1-9,14-15,21H,10-13H2. The molecule has 134 valence electrons. The molecule has 0 saturated carbocycles. The largest absolute Gasteiger partial charge is 0.360 e.